The van der Waals surface area contributed by atoms with Crippen LogP contribution >= 0.6 is 0 Å². The Morgan fingerprint density at radius 2 is 1.85 bits per heavy atom. The van der Waals surface area contributed by atoms with E-state index in [4.69, 9.17) is 5.73 Å². The Hall–Kier alpha value is -3.93. The Balaban J connectivity index is 1.37. The van der Waals surface area contributed by atoms with Crippen LogP contribution in [0, 0.1) is 0 Å². The molecule has 4 rings (SSSR count). The molecule has 2 aliphatic heterocycles. The molecule has 4 N–H and O–H groups in total. The average Bonchev–Trinajstić information content (AvgIpc) is 2.96. The van der Waals surface area contributed by atoms with E-state index < -0.39 is 24.9 Å². The third-order valence-corrected chi connectivity index (χ3v) is 7.56. The topological polar surface area (TPSA) is 108 Å². The van der Waals surface area contributed by atoms with E-state index in [9.17, 15) is 22.8 Å². The molecule has 0 bridgehead atoms. The molecule has 0 aliphatic carbocycles. The normalized spacial score (nSPS) is 17.2. The molecule has 0 spiro atoms. The van der Waals surface area contributed by atoms with E-state index in [0.29, 0.717) is 30.0 Å². The van der Waals surface area contributed by atoms with Crippen LogP contribution in [0.5, 0.6) is 0 Å². The number of amides is 2. The fourth-order valence-corrected chi connectivity index (χ4v) is 5.07. The van der Waals surface area contributed by atoms with Gasteiger partial charge < -0.3 is 25.8 Å². The van der Waals surface area contributed by atoms with Gasteiger partial charge in [0.2, 0.25) is 5.91 Å². The van der Waals surface area contributed by atoms with Gasteiger partial charge >= 0.3 is 18.0 Å². The summed E-state index contributed by atoms with van der Waals surface area (Å²) in [5.41, 5.74) is 9.18. The summed E-state index contributed by atoms with van der Waals surface area (Å²) in [4.78, 5) is 38.3. The van der Waals surface area contributed by atoms with Gasteiger partial charge in [0, 0.05) is 43.9 Å². The lowest BCUT2D eigenvalue weighted by Crippen LogP contribution is -2.44. The van der Waals surface area contributed by atoms with Crippen molar-refractivity contribution in [2.45, 2.75) is 44.3 Å². The van der Waals surface area contributed by atoms with Crippen LogP contribution in [0.25, 0.3) is 5.57 Å². The molecule has 41 heavy (non-hydrogen) atoms. The zero-order valence-electron chi connectivity index (χ0n) is 23.4. The number of benzene rings is 1. The minimum absolute atomic E-state index is 0.0161. The van der Waals surface area contributed by atoms with E-state index in [1.165, 1.54) is 4.90 Å². The van der Waals surface area contributed by atoms with Gasteiger partial charge in [-0.1, -0.05) is 6.08 Å². The second-order valence-corrected chi connectivity index (χ2v) is 10.5. The maximum atomic E-state index is 13.0. The number of carbonyl (C=O) groups is 2. The van der Waals surface area contributed by atoms with Gasteiger partial charge in [-0.05, 0) is 86.4 Å². The maximum Gasteiger partial charge on any atom is 0.389 e. The number of piperidine rings is 1. The van der Waals surface area contributed by atoms with E-state index in [1.807, 2.05) is 30.2 Å². The number of pyridine rings is 1. The number of aliphatic imine (C=N–C) groups is 1. The van der Waals surface area contributed by atoms with Crippen molar-refractivity contribution in [1.29, 1.82) is 0 Å². The van der Waals surface area contributed by atoms with Crippen molar-refractivity contribution in [1.82, 2.24) is 14.7 Å². The lowest BCUT2D eigenvalue weighted by Gasteiger charge is -2.35. The highest BCUT2D eigenvalue weighted by Crippen LogP contribution is 2.29. The predicted molar refractivity (Wildman–Crippen MR) is 151 cm³/mol. The first-order chi connectivity index (χ1) is 19.5. The Morgan fingerprint density at radius 3 is 2.49 bits per heavy atom. The number of rotatable bonds is 7. The van der Waals surface area contributed by atoms with E-state index in [0.717, 1.165) is 37.1 Å². The molecule has 12 heteroatoms. The van der Waals surface area contributed by atoms with E-state index >= 15 is 0 Å². The number of nitrogens with one attached hydrogen (secondary N) is 2. The standard InChI is InChI=1S/C29H36F3N7O2/c1-37-16-12-23(13-17-37)38(2)27(41)21-5-7-22(8-6-21)35-28(33)36-26-24(4-3-15-34-26)20-10-18-39(19-11-20)25(40)9-14-29(30,31)32/h3-8,10,15,23H,9,11-14,16-19H2,1-2H3,(H3,33,34,35,36)/p+1. The van der Waals surface area contributed by atoms with Crippen LogP contribution in [0.15, 0.2) is 53.7 Å². The van der Waals surface area contributed by atoms with Crippen LogP contribution in [0.2, 0.25) is 0 Å². The zero-order valence-corrected chi connectivity index (χ0v) is 23.4. The molecule has 1 aromatic heterocycles. The summed E-state index contributed by atoms with van der Waals surface area (Å²) in [6.45, 7) is 2.51. The van der Waals surface area contributed by atoms with Gasteiger partial charge in [-0.3, -0.25) is 9.59 Å². The number of aromatic nitrogens is 1. The van der Waals surface area contributed by atoms with E-state index in [-0.39, 0.29) is 24.5 Å². The van der Waals surface area contributed by atoms with Crippen molar-refractivity contribution in [3.05, 3.63) is 59.8 Å². The molecular weight excluding hydrogens is 535 g/mol. The molecule has 0 saturated carbocycles. The first kappa shape index (κ1) is 30.0. The highest BCUT2D eigenvalue weighted by atomic mass is 19.4. The lowest BCUT2D eigenvalue weighted by atomic mass is 10.00. The second-order valence-electron chi connectivity index (χ2n) is 10.5. The van der Waals surface area contributed by atoms with Crippen molar-refractivity contribution in [3.63, 3.8) is 0 Å². The van der Waals surface area contributed by atoms with Gasteiger partial charge in [0.25, 0.3) is 5.91 Å². The molecule has 0 unspecified atom stereocenters. The number of likely N-dealkylation sites (tertiary alicyclic amines) is 1. The molecule has 2 aliphatic rings. The Morgan fingerprint density at radius 1 is 1.15 bits per heavy atom. The van der Waals surface area contributed by atoms with Crippen molar-refractivity contribution < 1.29 is 27.7 Å². The van der Waals surface area contributed by atoms with Gasteiger partial charge in [0.15, 0.2) is 0 Å². The third-order valence-electron chi connectivity index (χ3n) is 7.56. The van der Waals surface area contributed by atoms with E-state index in [1.54, 1.807) is 30.5 Å². The van der Waals surface area contributed by atoms with Crippen molar-refractivity contribution in [2.24, 2.45) is 10.7 Å². The molecule has 2 aromatic rings. The summed E-state index contributed by atoms with van der Waals surface area (Å²) in [5, 5.41) is 3.05. The van der Waals surface area contributed by atoms with Gasteiger partial charge in [-0.15, -0.1) is 0 Å². The smallest absolute Gasteiger partial charge is 0.348 e. The summed E-state index contributed by atoms with van der Waals surface area (Å²) in [5.74, 6) is 0.117. The van der Waals surface area contributed by atoms with Crippen molar-refractivity contribution >= 4 is 34.9 Å². The number of nitrogens with zero attached hydrogens (tertiary/aromatic N) is 4. The summed E-state index contributed by atoms with van der Waals surface area (Å²) in [6.07, 6.45) is -0.0763. The summed E-state index contributed by atoms with van der Waals surface area (Å²) in [6, 6.07) is 11.0. The highest BCUT2D eigenvalue weighted by molar-refractivity contribution is 5.97. The van der Waals surface area contributed by atoms with Gasteiger partial charge in [-0.25, -0.2) is 4.98 Å². The van der Waals surface area contributed by atoms with Gasteiger partial charge in [0.1, 0.15) is 0 Å². The van der Waals surface area contributed by atoms with E-state index in [2.05, 4.69) is 27.2 Å². The predicted octanol–water partition coefficient (Wildman–Crippen LogP) is 3.68. The van der Waals surface area contributed by atoms with Gasteiger partial charge in [-0.2, -0.15) is 13.2 Å². The van der Waals surface area contributed by atoms with Gasteiger partial charge in [0.05, 0.1) is 18.2 Å². The number of hydrogen-bond acceptors (Lipinski definition) is 4. The molecule has 2 amide bonds. The van der Waals surface area contributed by atoms with Crippen LogP contribution < -0.4 is 16.0 Å². The molecule has 9 nitrogen and oxygen atoms in total. The summed E-state index contributed by atoms with van der Waals surface area (Å²) >= 11 is 0. The molecule has 1 aromatic carbocycles. The number of carbonyl (C=O) groups excluding carboxylic acids is 2. The van der Waals surface area contributed by atoms with Crippen LogP contribution in [0.3, 0.4) is 0 Å². The van der Waals surface area contributed by atoms with Crippen LogP contribution in [0.1, 0.15) is 48.0 Å². The Labute approximate surface area is 237 Å². The highest BCUT2D eigenvalue weighted by Gasteiger charge is 2.30. The summed E-state index contributed by atoms with van der Waals surface area (Å²) < 4.78 is 37.4. The van der Waals surface area contributed by atoms with Crippen LogP contribution in [-0.4, -0.2) is 85.0 Å². The number of alkyl halides is 3. The number of hydrogen-bond donors (Lipinski definition) is 2. The molecule has 220 valence electrons. The maximum absolute atomic E-state index is 13.0. The first-order valence-corrected chi connectivity index (χ1v) is 13.7. The third kappa shape index (κ3) is 8.29. The summed E-state index contributed by atoms with van der Waals surface area (Å²) in [7, 11) is 3.95. The second kappa shape index (κ2) is 13.2. The molecule has 1 saturated heterocycles. The molecule has 1 fully saturated rings. The molecule has 0 atom stereocenters. The average molecular weight is 573 g/mol. The fourth-order valence-electron chi connectivity index (χ4n) is 5.07. The molecule has 3 heterocycles. The number of aromatic amines is 1. The zero-order chi connectivity index (χ0) is 29.6. The number of anilines is 1. The number of H-pyrrole nitrogens is 1. The number of nitrogens with two attached hydrogens (primary N) is 1. The quantitative estimate of drug-likeness (QED) is 0.389. The Bertz CT molecular complexity index is 1290. The minimum Gasteiger partial charge on any atom is -0.348 e. The van der Waals surface area contributed by atoms with Crippen LogP contribution in [0.4, 0.5) is 24.7 Å². The largest absolute Gasteiger partial charge is 0.389 e. The SMILES string of the molecule is CN1CCC(N(C)C(=O)c2ccc(N/C(N)=N/c3[nH+]cccc3C3=CCN(C(=O)CCC(F)(F)F)CC3)cc2)CC1. The molecule has 0 radical (unpaired) electrons. The number of halogens is 3. The Kier molecular flexibility index (Phi) is 9.64. The first-order valence-electron chi connectivity index (χ1n) is 13.7. The number of guanidine groups is 1. The minimum atomic E-state index is -4.35. The molecular formula is C29H37F3N7O2+. The monoisotopic (exact) mass is 572 g/mol. The lowest BCUT2D eigenvalue weighted by molar-refractivity contribution is -0.362. The van der Waals surface area contributed by atoms with Crippen molar-refractivity contribution in [3.8, 4) is 0 Å². The van der Waals surface area contributed by atoms with Crippen LogP contribution in [-0.2, 0) is 4.79 Å². The van der Waals surface area contributed by atoms with Crippen molar-refractivity contribution in [2.75, 3.05) is 45.6 Å². The fraction of sp³-hybridized carbons (Fsp3) is 0.448.